The van der Waals surface area contributed by atoms with Gasteiger partial charge in [0, 0.05) is 28.2 Å². The van der Waals surface area contributed by atoms with Crippen molar-refractivity contribution >= 4 is 21.9 Å². The minimum absolute atomic E-state index is 0.355. The number of benzene rings is 2. The smallest absolute Gasteiger partial charge is 0.322 e. The monoisotopic (exact) mass is 399 g/mol. The summed E-state index contributed by atoms with van der Waals surface area (Å²) in [5.41, 5.74) is 9.57. The fourth-order valence-electron chi connectivity index (χ4n) is 2.60. The predicted octanol–water partition coefficient (Wildman–Crippen LogP) is 3.34. The second-order valence-electron chi connectivity index (χ2n) is 5.62. The van der Waals surface area contributed by atoms with Gasteiger partial charge in [-0.15, -0.1) is 0 Å². The third-order valence-corrected chi connectivity index (χ3v) is 4.40. The van der Waals surface area contributed by atoms with Gasteiger partial charge in [0.1, 0.15) is 6.04 Å². The molecule has 0 fully saturated rings. The summed E-state index contributed by atoms with van der Waals surface area (Å²) in [6.07, 6.45) is 2.27. The number of rotatable bonds is 5. The van der Waals surface area contributed by atoms with E-state index in [9.17, 15) is 4.79 Å². The van der Waals surface area contributed by atoms with Gasteiger partial charge in [0.2, 0.25) is 0 Å². The zero-order valence-electron chi connectivity index (χ0n) is 13.7. The summed E-state index contributed by atoms with van der Waals surface area (Å²) in [5, 5.41) is 4.71. The molecule has 0 spiro atoms. The van der Waals surface area contributed by atoms with Crippen LogP contribution in [-0.4, -0.2) is 28.9 Å². The number of carbonyl (C=O) groups is 1. The molecule has 1 aromatic heterocycles. The fraction of sp³-hybridized carbons (Fsp3) is 0.158. The van der Waals surface area contributed by atoms with E-state index < -0.39 is 12.0 Å². The first-order valence-corrected chi connectivity index (χ1v) is 8.61. The molecule has 128 valence electrons. The van der Waals surface area contributed by atoms with Crippen molar-refractivity contribution < 1.29 is 9.53 Å². The van der Waals surface area contributed by atoms with Gasteiger partial charge in [0.05, 0.1) is 18.5 Å². The van der Waals surface area contributed by atoms with Gasteiger partial charge in [-0.05, 0) is 24.3 Å². The van der Waals surface area contributed by atoms with Crippen LogP contribution in [0.3, 0.4) is 0 Å². The number of hydrogen-bond acceptors (Lipinski definition) is 4. The zero-order valence-corrected chi connectivity index (χ0v) is 15.3. The molecule has 0 radical (unpaired) electrons. The van der Waals surface area contributed by atoms with Crippen molar-refractivity contribution in [2.45, 2.75) is 12.5 Å². The van der Waals surface area contributed by atoms with Gasteiger partial charge in [-0.3, -0.25) is 4.79 Å². The molecule has 6 heteroatoms. The Labute approximate surface area is 154 Å². The molecule has 0 aliphatic carbocycles. The lowest BCUT2D eigenvalue weighted by molar-refractivity contribution is -0.142. The van der Waals surface area contributed by atoms with Gasteiger partial charge in [-0.2, -0.15) is 5.10 Å². The average molecular weight is 400 g/mol. The molecule has 3 rings (SSSR count). The second kappa shape index (κ2) is 7.63. The van der Waals surface area contributed by atoms with Crippen LogP contribution in [-0.2, 0) is 16.0 Å². The Balaban J connectivity index is 2.02. The molecule has 0 amide bonds. The number of halogens is 1. The fourth-order valence-corrected chi connectivity index (χ4v) is 2.86. The number of hydrogen-bond donors (Lipinski definition) is 1. The largest absolute Gasteiger partial charge is 0.468 e. The second-order valence-corrected chi connectivity index (χ2v) is 6.54. The van der Waals surface area contributed by atoms with E-state index in [1.165, 1.54) is 7.11 Å². The molecule has 2 aromatic carbocycles. The minimum Gasteiger partial charge on any atom is -0.468 e. The highest BCUT2D eigenvalue weighted by Crippen LogP contribution is 2.25. The van der Waals surface area contributed by atoms with E-state index >= 15 is 0 Å². The molecule has 1 atom stereocenters. The van der Waals surface area contributed by atoms with Crippen molar-refractivity contribution in [3.05, 3.63) is 70.8 Å². The Kier molecular flexibility index (Phi) is 5.31. The lowest BCUT2D eigenvalue weighted by atomic mass is 10.0. The van der Waals surface area contributed by atoms with Crippen molar-refractivity contribution in [3.63, 3.8) is 0 Å². The van der Waals surface area contributed by atoms with Crippen molar-refractivity contribution in [1.82, 2.24) is 9.78 Å². The molecule has 0 bridgehead atoms. The standard InChI is InChI=1S/C19H18BrN3O2/c1-25-19(24)17(21)11-14-12-23(16-9-7-15(20)8-10-16)22-18(14)13-5-3-2-4-6-13/h2-10,12,17H,11,21H2,1H3. The van der Waals surface area contributed by atoms with E-state index in [0.717, 1.165) is 27.0 Å². The number of aromatic nitrogens is 2. The van der Waals surface area contributed by atoms with Gasteiger partial charge in [-0.25, -0.2) is 4.68 Å². The summed E-state index contributed by atoms with van der Waals surface area (Å²) in [6, 6.07) is 17.0. The summed E-state index contributed by atoms with van der Waals surface area (Å²) in [7, 11) is 1.34. The number of ether oxygens (including phenoxy) is 1. The number of nitrogens with zero attached hydrogens (tertiary/aromatic N) is 2. The van der Waals surface area contributed by atoms with Crippen molar-refractivity contribution in [2.75, 3.05) is 7.11 Å². The molecule has 0 saturated heterocycles. The summed E-state index contributed by atoms with van der Waals surface area (Å²) in [5.74, 6) is -0.435. The highest BCUT2D eigenvalue weighted by Gasteiger charge is 2.20. The first-order valence-electron chi connectivity index (χ1n) is 7.82. The molecule has 1 unspecified atom stereocenters. The van der Waals surface area contributed by atoms with Gasteiger partial charge < -0.3 is 10.5 Å². The Hall–Kier alpha value is -2.44. The van der Waals surface area contributed by atoms with Gasteiger partial charge >= 0.3 is 5.97 Å². The normalized spacial score (nSPS) is 12.0. The van der Waals surface area contributed by atoms with Crippen LogP contribution in [0.5, 0.6) is 0 Å². The first kappa shape index (κ1) is 17.4. The molecule has 3 aromatic rings. The number of methoxy groups -OCH3 is 1. The Morgan fingerprint density at radius 1 is 1.20 bits per heavy atom. The highest BCUT2D eigenvalue weighted by atomic mass is 79.9. The molecule has 0 aliphatic rings. The first-order chi connectivity index (χ1) is 12.1. The summed E-state index contributed by atoms with van der Waals surface area (Å²) in [6.45, 7) is 0. The van der Waals surface area contributed by atoms with Crippen molar-refractivity contribution in [1.29, 1.82) is 0 Å². The van der Waals surface area contributed by atoms with Crippen LogP contribution in [0.4, 0.5) is 0 Å². The lowest BCUT2D eigenvalue weighted by Gasteiger charge is -2.08. The van der Waals surface area contributed by atoms with E-state index in [2.05, 4.69) is 15.9 Å². The minimum atomic E-state index is -0.727. The predicted molar refractivity (Wildman–Crippen MR) is 100 cm³/mol. The van der Waals surface area contributed by atoms with Crippen LogP contribution >= 0.6 is 15.9 Å². The van der Waals surface area contributed by atoms with E-state index in [1.54, 1.807) is 4.68 Å². The highest BCUT2D eigenvalue weighted by molar-refractivity contribution is 9.10. The van der Waals surface area contributed by atoms with Crippen molar-refractivity contribution in [2.24, 2.45) is 5.73 Å². The van der Waals surface area contributed by atoms with Crippen molar-refractivity contribution in [3.8, 4) is 16.9 Å². The quantitative estimate of drug-likeness (QED) is 0.667. The average Bonchev–Trinajstić information content (AvgIpc) is 3.06. The third kappa shape index (κ3) is 3.97. The zero-order chi connectivity index (χ0) is 17.8. The summed E-state index contributed by atoms with van der Waals surface area (Å²) >= 11 is 3.43. The maximum atomic E-state index is 11.7. The molecule has 0 saturated carbocycles. The van der Waals surface area contributed by atoms with Crippen LogP contribution in [0.2, 0.25) is 0 Å². The third-order valence-electron chi connectivity index (χ3n) is 3.87. The van der Waals surface area contributed by atoms with Gasteiger partial charge in [0.25, 0.3) is 0 Å². The molecular weight excluding hydrogens is 382 g/mol. The molecule has 1 heterocycles. The molecular formula is C19H18BrN3O2. The maximum absolute atomic E-state index is 11.7. The lowest BCUT2D eigenvalue weighted by Crippen LogP contribution is -2.33. The number of nitrogens with two attached hydrogens (primary N) is 1. The Morgan fingerprint density at radius 2 is 1.88 bits per heavy atom. The van der Waals surface area contributed by atoms with Crippen LogP contribution in [0.15, 0.2) is 65.3 Å². The molecule has 5 nitrogen and oxygen atoms in total. The molecule has 25 heavy (non-hydrogen) atoms. The van der Waals surface area contributed by atoms with Crippen LogP contribution in [0.1, 0.15) is 5.56 Å². The van der Waals surface area contributed by atoms with E-state index in [4.69, 9.17) is 15.6 Å². The van der Waals surface area contributed by atoms with E-state index in [1.807, 2.05) is 60.8 Å². The Bertz CT molecular complexity index is 860. The molecule has 0 aliphatic heterocycles. The van der Waals surface area contributed by atoms with Gasteiger partial charge in [-0.1, -0.05) is 46.3 Å². The van der Waals surface area contributed by atoms with Gasteiger partial charge in [0.15, 0.2) is 0 Å². The van der Waals surface area contributed by atoms with E-state index in [0.29, 0.717) is 6.42 Å². The topological polar surface area (TPSA) is 70.1 Å². The summed E-state index contributed by atoms with van der Waals surface area (Å²) in [4.78, 5) is 11.7. The van der Waals surface area contributed by atoms with Crippen LogP contribution in [0, 0.1) is 0 Å². The number of esters is 1. The molecule has 2 N–H and O–H groups in total. The Morgan fingerprint density at radius 3 is 2.52 bits per heavy atom. The maximum Gasteiger partial charge on any atom is 0.322 e. The number of carbonyl (C=O) groups excluding carboxylic acids is 1. The van der Waals surface area contributed by atoms with Crippen LogP contribution < -0.4 is 5.73 Å². The van der Waals surface area contributed by atoms with E-state index in [-0.39, 0.29) is 0 Å². The summed E-state index contributed by atoms with van der Waals surface area (Å²) < 4.78 is 7.54. The van der Waals surface area contributed by atoms with Crippen LogP contribution in [0.25, 0.3) is 16.9 Å². The SMILES string of the molecule is COC(=O)C(N)Cc1cn(-c2ccc(Br)cc2)nc1-c1ccccc1.